The molecule has 0 spiro atoms. The number of rotatable bonds is 13. The molecule has 1 aromatic rings. The lowest BCUT2D eigenvalue weighted by molar-refractivity contribution is -0.129. The summed E-state index contributed by atoms with van der Waals surface area (Å²) in [6, 6.07) is 8.96. The summed E-state index contributed by atoms with van der Waals surface area (Å²) in [5, 5.41) is 0. The Morgan fingerprint density at radius 3 is 2.25 bits per heavy atom. The van der Waals surface area contributed by atoms with E-state index < -0.39 is 0 Å². The first-order valence-corrected chi connectivity index (χ1v) is 12.0. The summed E-state index contributed by atoms with van der Waals surface area (Å²) in [6.45, 7) is 6.50. The Morgan fingerprint density at radius 2 is 1.57 bits per heavy atom. The Kier molecular flexibility index (Phi) is 8.39. The van der Waals surface area contributed by atoms with E-state index in [1.54, 1.807) is 0 Å². The van der Waals surface area contributed by atoms with Gasteiger partial charge >= 0.3 is 0 Å². The third-order valence-corrected chi connectivity index (χ3v) is 6.86. The Balaban J connectivity index is 1.46. The van der Waals surface area contributed by atoms with E-state index in [9.17, 15) is 4.79 Å². The van der Waals surface area contributed by atoms with E-state index in [1.807, 2.05) is 0 Å². The molecule has 1 amide bonds. The maximum absolute atomic E-state index is 12.3. The van der Waals surface area contributed by atoms with Crippen LogP contribution in [0.2, 0.25) is 0 Å². The predicted octanol–water partition coefficient (Wildman–Crippen LogP) is 6.05. The van der Waals surface area contributed by atoms with Crippen molar-refractivity contribution in [2.24, 2.45) is 0 Å². The maximum Gasteiger partial charge on any atom is 0.226 e. The van der Waals surface area contributed by atoms with Gasteiger partial charge in [-0.05, 0) is 25.3 Å². The fourth-order valence-electron chi connectivity index (χ4n) is 5.17. The van der Waals surface area contributed by atoms with Gasteiger partial charge in [-0.3, -0.25) is 14.2 Å². The molecule has 2 aliphatic heterocycles. The minimum atomic E-state index is 0.366. The van der Waals surface area contributed by atoms with Crippen molar-refractivity contribution >= 4 is 11.6 Å². The zero-order valence-corrected chi connectivity index (χ0v) is 18.1. The molecule has 0 N–H and O–H groups in total. The highest BCUT2D eigenvalue weighted by molar-refractivity contribution is 5.78. The van der Waals surface area contributed by atoms with Crippen LogP contribution in [0.1, 0.15) is 89.5 Å². The van der Waals surface area contributed by atoms with E-state index in [1.165, 1.54) is 88.5 Å². The predicted molar refractivity (Wildman–Crippen MR) is 119 cm³/mol. The van der Waals surface area contributed by atoms with Gasteiger partial charge in [0.1, 0.15) is 5.69 Å². The number of nitrogens with zero attached hydrogens (tertiary/aromatic N) is 2. The first kappa shape index (κ1) is 21.4. The summed E-state index contributed by atoms with van der Waals surface area (Å²) < 4.78 is 1.01. The molecule has 1 saturated heterocycles. The average molecular weight is 386 g/mol. The third-order valence-electron chi connectivity index (χ3n) is 6.86. The van der Waals surface area contributed by atoms with Gasteiger partial charge in [-0.2, -0.15) is 0 Å². The van der Waals surface area contributed by atoms with Crippen LogP contribution < -0.4 is 4.48 Å². The number of fused-ring (bicyclic) bond motifs is 1. The number of hydrogen-bond donors (Lipinski definition) is 0. The minimum absolute atomic E-state index is 0.366. The van der Waals surface area contributed by atoms with Crippen molar-refractivity contribution in [3.63, 3.8) is 0 Å². The second-order valence-corrected chi connectivity index (χ2v) is 9.06. The van der Waals surface area contributed by atoms with E-state index in [-0.39, 0.29) is 0 Å². The normalized spacial score (nSPS) is 21.5. The van der Waals surface area contributed by atoms with Gasteiger partial charge in [-0.15, -0.1) is 0 Å². The number of hydrogen-bond acceptors (Lipinski definition) is 1. The molecule has 3 heteroatoms. The summed E-state index contributed by atoms with van der Waals surface area (Å²) in [5.41, 5.74) is 2.99. The molecule has 156 valence electrons. The molecule has 0 aromatic heterocycles. The Morgan fingerprint density at radius 1 is 0.893 bits per heavy atom. The van der Waals surface area contributed by atoms with Crippen molar-refractivity contribution in [2.75, 3.05) is 26.3 Å². The molecule has 2 aliphatic rings. The van der Waals surface area contributed by atoms with Gasteiger partial charge in [0.2, 0.25) is 5.91 Å². The van der Waals surface area contributed by atoms with Gasteiger partial charge in [-0.1, -0.05) is 76.5 Å². The lowest BCUT2D eigenvalue weighted by Gasteiger charge is -2.37. The van der Waals surface area contributed by atoms with Crippen molar-refractivity contribution in [2.45, 2.75) is 90.4 Å². The van der Waals surface area contributed by atoms with E-state index in [2.05, 4.69) is 36.1 Å². The monoisotopic (exact) mass is 385 g/mol. The van der Waals surface area contributed by atoms with E-state index in [0.29, 0.717) is 5.91 Å². The molecule has 3 nitrogen and oxygen atoms in total. The molecule has 0 saturated carbocycles. The van der Waals surface area contributed by atoms with Crippen LogP contribution >= 0.6 is 0 Å². The Labute approximate surface area is 172 Å². The minimum Gasteiger partial charge on any atom is -0.295 e. The molecule has 0 aliphatic carbocycles. The fourth-order valence-corrected chi connectivity index (χ4v) is 5.17. The Hall–Kier alpha value is -1.35. The zero-order valence-electron chi connectivity index (χ0n) is 18.1. The van der Waals surface area contributed by atoms with E-state index in [4.69, 9.17) is 0 Å². The van der Waals surface area contributed by atoms with E-state index >= 15 is 0 Å². The van der Waals surface area contributed by atoms with Crippen LogP contribution in [0.25, 0.3) is 0 Å². The number of likely N-dealkylation sites (tertiary alicyclic amines) is 1. The molecular weight excluding hydrogens is 344 g/mol. The second-order valence-electron chi connectivity index (χ2n) is 9.06. The SMILES string of the molecule is CCCCCCCCCCCC[N+]1(CN2CCCC2=O)CCc2ccccc21. The summed E-state index contributed by atoms with van der Waals surface area (Å²) in [4.78, 5) is 14.4. The van der Waals surface area contributed by atoms with Gasteiger partial charge in [0.15, 0.2) is 6.67 Å². The molecule has 1 fully saturated rings. The smallest absolute Gasteiger partial charge is 0.226 e. The summed E-state index contributed by atoms with van der Waals surface area (Å²) >= 11 is 0. The van der Waals surface area contributed by atoms with Crippen LogP contribution in [0, 0.1) is 0 Å². The second kappa shape index (κ2) is 11.0. The molecule has 0 radical (unpaired) electrons. The van der Waals surface area contributed by atoms with Crippen molar-refractivity contribution in [3.8, 4) is 0 Å². The zero-order chi connectivity index (χ0) is 19.7. The van der Waals surface area contributed by atoms with Crippen LogP contribution in [0.15, 0.2) is 24.3 Å². The molecule has 1 unspecified atom stereocenters. The van der Waals surface area contributed by atoms with Crippen molar-refractivity contribution in [1.29, 1.82) is 0 Å². The van der Waals surface area contributed by atoms with Crippen LogP contribution in [0.5, 0.6) is 0 Å². The molecule has 1 atom stereocenters. The fraction of sp³-hybridized carbons (Fsp3) is 0.720. The quantitative estimate of drug-likeness (QED) is 0.299. The van der Waals surface area contributed by atoms with Crippen molar-refractivity contribution < 1.29 is 4.79 Å². The number of unbranched alkanes of at least 4 members (excludes halogenated alkanes) is 9. The first-order valence-electron chi connectivity index (χ1n) is 12.0. The number of quaternary nitrogens is 1. The maximum atomic E-state index is 12.3. The van der Waals surface area contributed by atoms with Crippen molar-refractivity contribution in [3.05, 3.63) is 29.8 Å². The van der Waals surface area contributed by atoms with Crippen molar-refractivity contribution in [1.82, 2.24) is 9.38 Å². The number of benzene rings is 1. The highest BCUT2D eigenvalue weighted by Gasteiger charge is 2.40. The highest BCUT2D eigenvalue weighted by Crippen LogP contribution is 2.36. The molecule has 2 heterocycles. The van der Waals surface area contributed by atoms with Gasteiger partial charge in [0.05, 0.1) is 13.1 Å². The molecule has 3 rings (SSSR count). The van der Waals surface area contributed by atoms with Crippen LogP contribution in [-0.4, -0.2) is 37.1 Å². The molecule has 1 aromatic carbocycles. The molecular formula is C25H41N2O+. The molecule has 28 heavy (non-hydrogen) atoms. The largest absolute Gasteiger partial charge is 0.295 e. The van der Waals surface area contributed by atoms with Gasteiger partial charge in [-0.25, -0.2) is 0 Å². The number of carbonyl (C=O) groups is 1. The van der Waals surface area contributed by atoms with Crippen LogP contribution in [0.3, 0.4) is 0 Å². The third kappa shape index (κ3) is 5.59. The van der Waals surface area contributed by atoms with Crippen LogP contribution in [-0.2, 0) is 11.2 Å². The average Bonchev–Trinajstić information content (AvgIpc) is 3.28. The van der Waals surface area contributed by atoms with Gasteiger partial charge in [0, 0.05) is 24.9 Å². The standard InChI is InChI=1S/C25H41N2O/c1-2-3-4-5-6-7-8-9-10-13-20-27(22-26-19-14-17-25(26)28)21-18-23-15-11-12-16-24(23)27/h11-12,15-16H,2-10,13-14,17-22H2,1H3/q+1. The van der Waals surface area contributed by atoms with Gasteiger partial charge in [0.25, 0.3) is 0 Å². The van der Waals surface area contributed by atoms with Crippen LogP contribution in [0.4, 0.5) is 5.69 Å². The topological polar surface area (TPSA) is 20.3 Å². The highest BCUT2D eigenvalue weighted by atomic mass is 16.2. The number of amides is 1. The first-order chi connectivity index (χ1) is 13.7. The van der Waals surface area contributed by atoms with Gasteiger partial charge < -0.3 is 0 Å². The lowest BCUT2D eigenvalue weighted by Crippen LogP contribution is -2.55. The number of carbonyl (C=O) groups excluding carboxylic acids is 1. The molecule has 0 bridgehead atoms. The number of para-hydroxylation sites is 1. The Bertz CT molecular complexity index is 614. The van der Waals surface area contributed by atoms with E-state index in [0.717, 1.165) is 37.0 Å². The summed E-state index contributed by atoms with van der Waals surface area (Å²) in [5.74, 6) is 0.366. The summed E-state index contributed by atoms with van der Waals surface area (Å²) in [7, 11) is 0. The summed E-state index contributed by atoms with van der Waals surface area (Å²) in [6.07, 6.45) is 16.8. The lowest BCUT2D eigenvalue weighted by atomic mass is 10.1.